The minimum Gasteiger partial charge on any atom is -0.497 e. The van der Waals surface area contributed by atoms with Crippen molar-refractivity contribution in [1.29, 1.82) is 0 Å². The molecule has 0 spiro atoms. The third-order valence-electron chi connectivity index (χ3n) is 3.12. The Balaban J connectivity index is 1.87. The van der Waals surface area contributed by atoms with Crippen LogP contribution >= 0.6 is 11.3 Å². The maximum absolute atomic E-state index is 11.9. The van der Waals surface area contributed by atoms with E-state index in [0.717, 1.165) is 10.6 Å². The van der Waals surface area contributed by atoms with Crippen LogP contribution in [0, 0.1) is 6.92 Å². The number of carbonyl (C=O) groups is 2. The maximum atomic E-state index is 11.9. The second-order valence-electron chi connectivity index (χ2n) is 4.94. The number of aliphatic carboxylic acids is 1. The summed E-state index contributed by atoms with van der Waals surface area (Å²) in [7, 11) is 1.55. The second kappa shape index (κ2) is 8.30. The molecule has 2 N–H and O–H groups in total. The molecule has 0 atom stereocenters. The SMILES string of the molecule is COc1cccc(OCC(=O)Nc2nc(C)c(CCC(=O)O)s2)c1. The number of nitrogens with zero attached hydrogens (tertiary/aromatic N) is 1. The van der Waals surface area contributed by atoms with Crippen LogP contribution in [-0.4, -0.2) is 35.7 Å². The average molecular weight is 350 g/mol. The third kappa shape index (κ3) is 5.24. The molecule has 7 nitrogen and oxygen atoms in total. The molecule has 24 heavy (non-hydrogen) atoms. The lowest BCUT2D eigenvalue weighted by Gasteiger charge is -2.07. The van der Waals surface area contributed by atoms with E-state index in [1.54, 1.807) is 38.3 Å². The fourth-order valence-corrected chi connectivity index (χ4v) is 2.91. The zero-order valence-corrected chi connectivity index (χ0v) is 14.2. The minimum atomic E-state index is -0.861. The van der Waals surface area contributed by atoms with Gasteiger partial charge >= 0.3 is 5.97 Å². The van der Waals surface area contributed by atoms with E-state index in [1.165, 1.54) is 11.3 Å². The van der Waals surface area contributed by atoms with Crippen LogP contribution in [0.4, 0.5) is 5.13 Å². The van der Waals surface area contributed by atoms with Crippen LogP contribution in [-0.2, 0) is 16.0 Å². The first-order valence-electron chi connectivity index (χ1n) is 7.22. The van der Waals surface area contributed by atoms with Gasteiger partial charge in [-0.05, 0) is 25.5 Å². The number of anilines is 1. The Morgan fingerprint density at radius 3 is 2.79 bits per heavy atom. The van der Waals surface area contributed by atoms with Gasteiger partial charge in [0.25, 0.3) is 5.91 Å². The van der Waals surface area contributed by atoms with Crippen molar-refractivity contribution in [2.75, 3.05) is 19.0 Å². The summed E-state index contributed by atoms with van der Waals surface area (Å²) < 4.78 is 10.5. The normalized spacial score (nSPS) is 10.2. The first-order valence-corrected chi connectivity index (χ1v) is 8.04. The number of benzene rings is 1. The number of hydrogen-bond donors (Lipinski definition) is 2. The molecule has 0 radical (unpaired) electrons. The lowest BCUT2D eigenvalue weighted by atomic mass is 10.2. The number of thiazole rings is 1. The molecular formula is C16H18N2O5S. The monoisotopic (exact) mass is 350 g/mol. The zero-order valence-electron chi connectivity index (χ0n) is 13.4. The number of aromatic nitrogens is 1. The Hall–Kier alpha value is -2.61. The van der Waals surface area contributed by atoms with Gasteiger partial charge < -0.3 is 14.6 Å². The maximum Gasteiger partial charge on any atom is 0.303 e. The van der Waals surface area contributed by atoms with Crippen molar-refractivity contribution in [1.82, 2.24) is 4.98 Å². The standard InChI is InChI=1S/C16H18N2O5S/c1-10-13(6-7-15(20)21)24-16(17-10)18-14(19)9-23-12-5-3-4-11(8-12)22-2/h3-5,8H,6-7,9H2,1-2H3,(H,20,21)(H,17,18,19). The molecule has 8 heteroatoms. The summed E-state index contributed by atoms with van der Waals surface area (Å²) in [5.41, 5.74) is 0.727. The van der Waals surface area contributed by atoms with Crippen LogP contribution in [0.2, 0.25) is 0 Å². The van der Waals surface area contributed by atoms with Crippen LogP contribution in [0.3, 0.4) is 0 Å². The van der Waals surface area contributed by atoms with E-state index in [2.05, 4.69) is 10.3 Å². The van der Waals surface area contributed by atoms with Crippen molar-refractivity contribution >= 4 is 28.3 Å². The largest absolute Gasteiger partial charge is 0.497 e. The number of aryl methyl sites for hydroxylation is 2. The molecule has 0 saturated heterocycles. The lowest BCUT2D eigenvalue weighted by Crippen LogP contribution is -2.20. The summed E-state index contributed by atoms with van der Waals surface area (Å²) >= 11 is 1.28. The molecule has 1 aromatic heterocycles. The number of nitrogens with one attached hydrogen (secondary N) is 1. The first-order chi connectivity index (χ1) is 11.5. The summed E-state index contributed by atoms with van der Waals surface area (Å²) in [6.07, 6.45) is 0.435. The van der Waals surface area contributed by atoms with Crippen molar-refractivity contribution in [2.24, 2.45) is 0 Å². The number of methoxy groups -OCH3 is 1. The molecule has 1 aromatic carbocycles. The number of rotatable bonds is 8. The van der Waals surface area contributed by atoms with E-state index in [1.807, 2.05) is 0 Å². The van der Waals surface area contributed by atoms with Gasteiger partial charge in [-0.3, -0.25) is 14.9 Å². The molecule has 1 amide bonds. The quantitative estimate of drug-likeness (QED) is 0.759. The molecule has 0 aliphatic carbocycles. The molecule has 128 valence electrons. The smallest absolute Gasteiger partial charge is 0.303 e. The molecule has 0 fully saturated rings. The predicted molar refractivity (Wildman–Crippen MR) is 89.9 cm³/mol. The number of amides is 1. The molecule has 0 bridgehead atoms. The molecule has 2 aromatic rings. The van der Waals surface area contributed by atoms with E-state index in [-0.39, 0.29) is 18.9 Å². The average Bonchev–Trinajstić information content (AvgIpc) is 2.90. The summed E-state index contributed by atoms with van der Waals surface area (Å²) in [6.45, 7) is 1.63. The first kappa shape index (κ1) is 17.7. The highest BCUT2D eigenvalue weighted by Gasteiger charge is 2.12. The molecule has 2 rings (SSSR count). The fraction of sp³-hybridized carbons (Fsp3) is 0.312. The highest BCUT2D eigenvalue weighted by Crippen LogP contribution is 2.24. The lowest BCUT2D eigenvalue weighted by molar-refractivity contribution is -0.137. The Morgan fingerprint density at radius 2 is 2.08 bits per heavy atom. The molecule has 0 aliphatic rings. The zero-order chi connectivity index (χ0) is 17.5. The van der Waals surface area contributed by atoms with Crippen molar-refractivity contribution in [3.05, 3.63) is 34.8 Å². The van der Waals surface area contributed by atoms with Crippen LogP contribution in [0.15, 0.2) is 24.3 Å². The van der Waals surface area contributed by atoms with E-state index in [4.69, 9.17) is 14.6 Å². The molecule has 1 heterocycles. The van der Waals surface area contributed by atoms with E-state index in [9.17, 15) is 9.59 Å². The van der Waals surface area contributed by atoms with Crippen LogP contribution in [0.5, 0.6) is 11.5 Å². The summed E-state index contributed by atoms with van der Waals surface area (Å²) in [6, 6.07) is 6.97. The van der Waals surface area contributed by atoms with Gasteiger partial charge in [0.2, 0.25) is 0 Å². The Bertz CT molecular complexity index is 729. The van der Waals surface area contributed by atoms with Crippen LogP contribution in [0.25, 0.3) is 0 Å². The van der Waals surface area contributed by atoms with Crippen molar-refractivity contribution in [3.8, 4) is 11.5 Å². The Labute approximate surface area is 143 Å². The van der Waals surface area contributed by atoms with Gasteiger partial charge in [0.05, 0.1) is 19.2 Å². The third-order valence-corrected chi connectivity index (χ3v) is 4.25. The summed E-state index contributed by atoms with van der Waals surface area (Å²) in [5.74, 6) is -0.0232. The van der Waals surface area contributed by atoms with Crippen molar-refractivity contribution < 1.29 is 24.2 Å². The van der Waals surface area contributed by atoms with Crippen LogP contribution in [0.1, 0.15) is 17.0 Å². The van der Waals surface area contributed by atoms with Gasteiger partial charge in [0.15, 0.2) is 11.7 Å². The number of hydrogen-bond acceptors (Lipinski definition) is 6. The Morgan fingerprint density at radius 1 is 1.33 bits per heavy atom. The number of carboxylic acid groups (broad SMARTS) is 1. The van der Waals surface area contributed by atoms with Gasteiger partial charge in [0, 0.05) is 10.9 Å². The number of carbonyl (C=O) groups excluding carboxylic acids is 1. The summed E-state index contributed by atoms with van der Waals surface area (Å²) in [4.78, 5) is 27.6. The predicted octanol–water partition coefficient (Wildman–Crippen LogP) is 2.49. The Kier molecular flexibility index (Phi) is 6.14. The molecule has 0 unspecified atom stereocenters. The fourth-order valence-electron chi connectivity index (χ4n) is 1.93. The molecule has 0 aliphatic heterocycles. The van der Waals surface area contributed by atoms with Gasteiger partial charge in [0.1, 0.15) is 11.5 Å². The van der Waals surface area contributed by atoms with Gasteiger partial charge in [-0.1, -0.05) is 6.07 Å². The second-order valence-corrected chi connectivity index (χ2v) is 6.02. The van der Waals surface area contributed by atoms with Gasteiger partial charge in [-0.25, -0.2) is 4.98 Å². The molecular weight excluding hydrogens is 332 g/mol. The van der Waals surface area contributed by atoms with E-state index >= 15 is 0 Å². The van der Waals surface area contributed by atoms with Gasteiger partial charge in [-0.15, -0.1) is 11.3 Å². The highest BCUT2D eigenvalue weighted by atomic mass is 32.1. The van der Waals surface area contributed by atoms with Crippen molar-refractivity contribution in [2.45, 2.75) is 19.8 Å². The van der Waals surface area contributed by atoms with Crippen molar-refractivity contribution in [3.63, 3.8) is 0 Å². The van der Waals surface area contributed by atoms with Crippen LogP contribution < -0.4 is 14.8 Å². The minimum absolute atomic E-state index is 0.0371. The van der Waals surface area contributed by atoms with E-state index in [0.29, 0.717) is 23.1 Å². The summed E-state index contributed by atoms with van der Waals surface area (Å²) in [5, 5.41) is 11.8. The topological polar surface area (TPSA) is 97.8 Å². The number of ether oxygens (including phenoxy) is 2. The highest BCUT2D eigenvalue weighted by molar-refractivity contribution is 7.15. The van der Waals surface area contributed by atoms with E-state index < -0.39 is 5.97 Å². The molecule has 0 saturated carbocycles. The van der Waals surface area contributed by atoms with Gasteiger partial charge in [-0.2, -0.15) is 0 Å². The number of carboxylic acids is 1.